The molecule has 0 atom stereocenters. The maximum Gasteiger partial charge on any atom is 0.341 e. The molecule has 0 saturated heterocycles. The molecule has 1 heterocycles. The lowest BCUT2D eigenvalue weighted by Crippen LogP contribution is -2.29. The zero-order valence-electron chi connectivity index (χ0n) is 12.6. The van der Waals surface area contributed by atoms with E-state index in [-0.39, 0.29) is 5.56 Å². The fourth-order valence-electron chi connectivity index (χ4n) is 2.06. The molecule has 6 heteroatoms. The monoisotopic (exact) mass is 302 g/mol. The Labute approximate surface area is 128 Å². The summed E-state index contributed by atoms with van der Waals surface area (Å²) in [5, 5.41) is 13.5. The fraction of sp³-hybridized carbons (Fsp3) is 0.312. The molecule has 1 aromatic heterocycles. The average molecular weight is 302 g/mol. The number of unbranched alkanes of at least 4 members (excludes halogenated alkanes) is 1. The van der Waals surface area contributed by atoms with E-state index in [2.05, 4.69) is 5.10 Å². The second-order valence-electron chi connectivity index (χ2n) is 4.86. The summed E-state index contributed by atoms with van der Waals surface area (Å²) in [5.41, 5.74) is 0.347. The van der Waals surface area contributed by atoms with Gasteiger partial charge in [0.2, 0.25) is 0 Å². The summed E-state index contributed by atoms with van der Waals surface area (Å²) in [4.78, 5) is 23.4. The van der Waals surface area contributed by atoms with E-state index in [4.69, 9.17) is 4.74 Å². The predicted molar refractivity (Wildman–Crippen MR) is 82.4 cm³/mol. The van der Waals surface area contributed by atoms with Gasteiger partial charge in [0.15, 0.2) is 0 Å². The Morgan fingerprint density at radius 2 is 2.00 bits per heavy atom. The molecule has 0 fully saturated rings. The van der Waals surface area contributed by atoms with Gasteiger partial charge in [0, 0.05) is 12.1 Å². The van der Waals surface area contributed by atoms with Crippen LogP contribution in [0.4, 0.5) is 0 Å². The molecule has 0 aliphatic carbocycles. The van der Waals surface area contributed by atoms with Crippen LogP contribution in [-0.4, -0.2) is 28.0 Å². The predicted octanol–water partition coefficient (Wildman–Crippen LogP) is 2.42. The van der Waals surface area contributed by atoms with Crippen LogP contribution < -0.4 is 10.3 Å². The molecule has 0 amide bonds. The maximum atomic E-state index is 12.1. The molecule has 22 heavy (non-hydrogen) atoms. The zero-order valence-corrected chi connectivity index (χ0v) is 12.6. The number of nitrogens with zero attached hydrogens (tertiary/aromatic N) is 2. The SMILES string of the molecule is CCCCn1nc(-c2ccc(OC)cc2)cc(C(=O)O)c1=O. The van der Waals surface area contributed by atoms with Crippen LogP contribution >= 0.6 is 0 Å². The third-order valence-corrected chi connectivity index (χ3v) is 3.31. The van der Waals surface area contributed by atoms with Gasteiger partial charge in [-0.2, -0.15) is 5.10 Å². The van der Waals surface area contributed by atoms with E-state index in [1.54, 1.807) is 31.4 Å². The van der Waals surface area contributed by atoms with Crippen LogP contribution in [0.15, 0.2) is 35.1 Å². The van der Waals surface area contributed by atoms with Crippen LogP contribution in [0.3, 0.4) is 0 Å². The Balaban J connectivity index is 2.52. The zero-order chi connectivity index (χ0) is 16.1. The van der Waals surface area contributed by atoms with Gasteiger partial charge in [-0.3, -0.25) is 4.79 Å². The standard InChI is InChI=1S/C16H18N2O4/c1-3-4-9-18-15(19)13(16(20)21)10-14(17-18)11-5-7-12(22-2)8-6-11/h5-8,10H,3-4,9H2,1-2H3,(H,20,21). The van der Waals surface area contributed by atoms with Gasteiger partial charge in [-0.05, 0) is 36.8 Å². The maximum absolute atomic E-state index is 12.1. The molecule has 0 radical (unpaired) electrons. The van der Waals surface area contributed by atoms with Gasteiger partial charge in [-0.25, -0.2) is 9.48 Å². The molecule has 0 saturated carbocycles. The lowest BCUT2D eigenvalue weighted by atomic mass is 10.1. The first-order valence-corrected chi connectivity index (χ1v) is 7.06. The Morgan fingerprint density at radius 3 is 2.55 bits per heavy atom. The van der Waals surface area contributed by atoms with Crippen LogP contribution in [0, 0.1) is 0 Å². The van der Waals surface area contributed by atoms with E-state index in [0.717, 1.165) is 18.4 Å². The summed E-state index contributed by atoms with van der Waals surface area (Å²) < 4.78 is 6.32. The van der Waals surface area contributed by atoms with Crippen molar-refractivity contribution in [3.05, 3.63) is 46.2 Å². The minimum absolute atomic E-state index is 0.267. The first-order chi connectivity index (χ1) is 10.6. The highest BCUT2D eigenvalue weighted by Gasteiger charge is 2.15. The van der Waals surface area contributed by atoms with Crippen LogP contribution in [-0.2, 0) is 6.54 Å². The molecule has 0 unspecified atom stereocenters. The number of ether oxygens (including phenoxy) is 1. The molecule has 1 aromatic carbocycles. The minimum atomic E-state index is -1.24. The summed E-state index contributed by atoms with van der Waals surface area (Å²) in [6, 6.07) is 8.40. The number of benzene rings is 1. The lowest BCUT2D eigenvalue weighted by Gasteiger charge is -2.09. The number of hydrogen-bond acceptors (Lipinski definition) is 4. The van der Waals surface area contributed by atoms with E-state index in [1.165, 1.54) is 10.7 Å². The second kappa shape index (κ2) is 6.89. The van der Waals surface area contributed by atoms with Gasteiger partial charge < -0.3 is 9.84 Å². The van der Waals surface area contributed by atoms with Crippen molar-refractivity contribution in [2.75, 3.05) is 7.11 Å². The molecule has 0 spiro atoms. The van der Waals surface area contributed by atoms with Gasteiger partial charge in [0.1, 0.15) is 11.3 Å². The number of aromatic carboxylic acids is 1. The topological polar surface area (TPSA) is 81.4 Å². The van der Waals surface area contributed by atoms with Gasteiger partial charge in [-0.15, -0.1) is 0 Å². The number of aryl methyl sites for hydroxylation is 1. The first kappa shape index (κ1) is 15.8. The van der Waals surface area contributed by atoms with Gasteiger partial charge in [0.25, 0.3) is 5.56 Å². The minimum Gasteiger partial charge on any atom is -0.497 e. The number of carboxylic acid groups (broad SMARTS) is 1. The Kier molecular flexibility index (Phi) is 4.93. The van der Waals surface area contributed by atoms with E-state index in [0.29, 0.717) is 18.0 Å². The molecular formula is C16H18N2O4. The quantitative estimate of drug-likeness (QED) is 0.886. The third-order valence-electron chi connectivity index (χ3n) is 3.31. The molecule has 0 aliphatic heterocycles. The third kappa shape index (κ3) is 3.33. The second-order valence-corrected chi connectivity index (χ2v) is 4.86. The van der Waals surface area contributed by atoms with Crippen LogP contribution in [0.5, 0.6) is 5.75 Å². The molecule has 1 N–H and O–H groups in total. The van der Waals surface area contributed by atoms with Crippen molar-refractivity contribution in [2.45, 2.75) is 26.3 Å². The summed E-state index contributed by atoms with van der Waals surface area (Å²) >= 11 is 0. The Morgan fingerprint density at radius 1 is 1.32 bits per heavy atom. The average Bonchev–Trinajstić information content (AvgIpc) is 2.53. The van der Waals surface area contributed by atoms with Crippen molar-refractivity contribution in [1.82, 2.24) is 9.78 Å². The smallest absolute Gasteiger partial charge is 0.341 e. The summed E-state index contributed by atoms with van der Waals surface area (Å²) in [6.45, 7) is 2.40. The fourth-order valence-corrected chi connectivity index (χ4v) is 2.06. The number of methoxy groups -OCH3 is 1. The summed E-state index contributed by atoms with van der Waals surface area (Å²) in [7, 11) is 1.57. The van der Waals surface area contributed by atoms with E-state index < -0.39 is 11.5 Å². The number of aromatic nitrogens is 2. The van der Waals surface area contributed by atoms with E-state index in [1.807, 2.05) is 6.92 Å². The van der Waals surface area contributed by atoms with Crippen molar-refractivity contribution >= 4 is 5.97 Å². The molecule has 116 valence electrons. The van der Waals surface area contributed by atoms with E-state index >= 15 is 0 Å². The number of rotatable bonds is 6. The number of carboxylic acids is 1. The van der Waals surface area contributed by atoms with Gasteiger partial charge in [0.05, 0.1) is 12.8 Å². The van der Waals surface area contributed by atoms with Crippen LogP contribution in [0.25, 0.3) is 11.3 Å². The van der Waals surface area contributed by atoms with Crippen molar-refractivity contribution in [2.24, 2.45) is 0 Å². The highest BCUT2D eigenvalue weighted by molar-refractivity contribution is 5.88. The highest BCUT2D eigenvalue weighted by atomic mass is 16.5. The number of hydrogen-bond donors (Lipinski definition) is 1. The van der Waals surface area contributed by atoms with Gasteiger partial charge in [-0.1, -0.05) is 13.3 Å². The Hall–Kier alpha value is -2.63. The lowest BCUT2D eigenvalue weighted by molar-refractivity contribution is 0.0693. The molecule has 0 bridgehead atoms. The van der Waals surface area contributed by atoms with Crippen LogP contribution in [0.1, 0.15) is 30.1 Å². The van der Waals surface area contributed by atoms with Crippen molar-refractivity contribution in [3.63, 3.8) is 0 Å². The largest absolute Gasteiger partial charge is 0.497 e. The van der Waals surface area contributed by atoms with Crippen molar-refractivity contribution in [3.8, 4) is 17.0 Å². The van der Waals surface area contributed by atoms with Crippen LogP contribution in [0.2, 0.25) is 0 Å². The highest BCUT2D eigenvalue weighted by Crippen LogP contribution is 2.20. The molecule has 2 rings (SSSR count). The van der Waals surface area contributed by atoms with Crippen molar-refractivity contribution < 1.29 is 14.6 Å². The first-order valence-electron chi connectivity index (χ1n) is 7.06. The molecule has 2 aromatic rings. The van der Waals surface area contributed by atoms with Crippen molar-refractivity contribution in [1.29, 1.82) is 0 Å². The summed E-state index contributed by atoms with van der Waals surface area (Å²) in [5.74, 6) is -0.547. The molecule has 6 nitrogen and oxygen atoms in total. The molecular weight excluding hydrogens is 284 g/mol. The van der Waals surface area contributed by atoms with E-state index in [9.17, 15) is 14.7 Å². The van der Waals surface area contributed by atoms with Gasteiger partial charge >= 0.3 is 5.97 Å². The number of carbonyl (C=O) groups is 1. The normalized spacial score (nSPS) is 10.5. The molecule has 0 aliphatic rings. The summed E-state index contributed by atoms with van der Waals surface area (Å²) in [6.07, 6.45) is 1.65. The Bertz CT molecular complexity index is 720.